The minimum absolute atomic E-state index is 0.143. The number of amides is 2. The summed E-state index contributed by atoms with van der Waals surface area (Å²) in [4.78, 5) is 22.0. The molecule has 74 valence electrons. The van der Waals surface area contributed by atoms with Crippen LogP contribution in [0, 0.1) is 5.41 Å². The van der Waals surface area contributed by atoms with E-state index in [0.29, 0.717) is 0 Å². The number of nitrogens with one attached hydrogen (secondary N) is 2. The van der Waals surface area contributed by atoms with Gasteiger partial charge in [0.2, 0.25) is 0 Å². The van der Waals surface area contributed by atoms with Gasteiger partial charge >= 0.3 is 11.8 Å². The molecular formula is C9H16N2O2. The molecule has 0 aliphatic heterocycles. The van der Waals surface area contributed by atoms with Crippen LogP contribution in [0.4, 0.5) is 0 Å². The molecule has 0 aromatic heterocycles. The van der Waals surface area contributed by atoms with E-state index < -0.39 is 11.8 Å². The van der Waals surface area contributed by atoms with E-state index in [-0.39, 0.29) is 11.5 Å². The van der Waals surface area contributed by atoms with Gasteiger partial charge in [-0.2, -0.15) is 0 Å². The fraction of sp³-hybridized carbons (Fsp3) is 0.778. The number of likely N-dealkylation sites (N-methyl/N-ethyl adjacent to an activating group) is 1. The summed E-state index contributed by atoms with van der Waals surface area (Å²) < 4.78 is 0. The second-order valence-corrected chi connectivity index (χ2v) is 4.13. The van der Waals surface area contributed by atoms with Gasteiger partial charge < -0.3 is 10.6 Å². The quantitative estimate of drug-likeness (QED) is 0.565. The summed E-state index contributed by atoms with van der Waals surface area (Å²) in [6.45, 7) is 4.18. The largest absolute Gasteiger partial charge is 0.351 e. The zero-order chi connectivity index (χ0) is 10.1. The fourth-order valence-corrected chi connectivity index (χ4v) is 1.47. The van der Waals surface area contributed by atoms with Gasteiger partial charge in [0.25, 0.3) is 0 Å². The predicted molar refractivity (Wildman–Crippen MR) is 49.0 cm³/mol. The lowest BCUT2D eigenvalue weighted by Crippen LogP contribution is -2.54. The van der Waals surface area contributed by atoms with E-state index in [1.165, 1.54) is 7.05 Å². The molecule has 0 spiro atoms. The average Bonchev–Trinajstić information content (AvgIpc) is 2.10. The summed E-state index contributed by atoms with van der Waals surface area (Å²) in [6, 6.07) is 0.150. The first-order valence-electron chi connectivity index (χ1n) is 4.50. The molecule has 4 nitrogen and oxygen atoms in total. The van der Waals surface area contributed by atoms with Gasteiger partial charge in [-0.3, -0.25) is 9.59 Å². The third-order valence-electron chi connectivity index (χ3n) is 2.76. The van der Waals surface area contributed by atoms with Crippen LogP contribution in [0.25, 0.3) is 0 Å². The molecule has 1 aliphatic carbocycles. The molecular weight excluding hydrogens is 168 g/mol. The highest BCUT2D eigenvalue weighted by Gasteiger charge is 2.39. The van der Waals surface area contributed by atoms with Crippen molar-refractivity contribution in [2.45, 2.75) is 32.7 Å². The molecule has 4 heteroatoms. The van der Waals surface area contributed by atoms with Gasteiger partial charge in [0.1, 0.15) is 0 Å². The van der Waals surface area contributed by atoms with E-state index in [1.54, 1.807) is 0 Å². The molecule has 2 N–H and O–H groups in total. The Kier molecular flexibility index (Phi) is 2.59. The zero-order valence-electron chi connectivity index (χ0n) is 8.31. The van der Waals surface area contributed by atoms with Crippen molar-refractivity contribution in [2.75, 3.05) is 7.05 Å². The summed E-state index contributed by atoms with van der Waals surface area (Å²) in [5.41, 5.74) is 0.143. The van der Waals surface area contributed by atoms with Crippen LogP contribution in [-0.2, 0) is 9.59 Å². The lowest BCUT2D eigenvalue weighted by atomic mass is 9.67. The maximum atomic E-state index is 11.1. The van der Waals surface area contributed by atoms with Gasteiger partial charge in [-0.25, -0.2) is 0 Å². The van der Waals surface area contributed by atoms with Gasteiger partial charge in [0, 0.05) is 13.1 Å². The normalized spacial score (nSPS) is 24.4. The Hall–Kier alpha value is -1.06. The molecule has 2 amide bonds. The van der Waals surface area contributed by atoms with Crippen LogP contribution in [0.15, 0.2) is 0 Å². The Bertz CT molecular complexity index is 236. The molecule has 1 fully saturated rings. The van der Waals surface area contributed by atoms with Crippen molar-refractivity contribution in [3.8, 4) is 0 Å². The van der Waals surface area contributed by atoms with E-state index in [0.717, 1.165) is 12.8 Å². The highest BCUT2D eigenvalue weighted by molar-refractivity contribution is 6.35. The van der Waals surface area contributed by atoms with Gasteiger partial charge in [0.15, 0.2) is 0 Å². The third kappa shape index (κ3) is 1.99. The van der Waals surface area contributed by atoms with Crippen LogP contribution in [0.2, 0.25) is 0 Å². The first kappa shape index (κ1) is 10.0. The molecule has 0 aromatic rings. The molecule has 0 saturated heterocycles. The number of carbonyl (C=O) groups is 2. The molecule has 1 saturated carbocycles. The molecule has 13 heavy (non-hydrogen) atoms. The summed E-state index contributed by atoms with van der Waals surface area (Å²) in [5.74, 6) is -1.09. The van der Waals surface area contributed by atoms with Crippen molar-refractivity contribution in [3.05, 3.63) is 0 Å². The van der Waals surface area contributed by atoms with E-state index in [4.69, 9.17) is 0 Å². The highest BCUT2D eigenvalue weighted by Crippen LogP contribution is 2.39. The number of rotatable bonds is 1. The van der Waals surface area contributed by atoms with Gasteiger partial charge in [-0.1, -0.05) is 13.8 Å². The van der Waals surface area contributed by atoms with Crippen molar-refractivity contribution in [1.29, 1.82) is 0 Å². The Labute approximate surface area is 78.1 Å². The van der Waals surface area contributed by atoms with Crippen LogP contribution >= 0.6 is 0 Å². The second kappa shape index (κ2) is 3.36. The second-order valence-electron chi connectivity index (χ2n) is 4.13. The third-order valence-corrected chi connectivity index (χ3v) is 2.76. The molecule has 1 rings (SSSR count). The Morgan fingerprint density at radius 3 is 2.23 bits per heavy atom. The van der Waals surface area contributed by atoms with Crippen LogP contribution in [0.1, 0.15) is 26.7 Å². The molecule has 0 aromatic carbocycles. The van der Waals surface area contributed by atoms with Crippen molar-refractivity contribution >= 4 is 11.8 Å². The smallest absolute Gasteiger partial charge is 0.309 e. The topological polar surface area (TPSA) is 58.2 Å². The molecule has 0 radical (unpaired) electrons. The van der Waals surface area contributed by atoms with E-state index in [9.17, 15) is 9.59 Å². The van der Waals surface area contributed by atoms with Crippen molar-refractivity contribution in [1.82, 2.24) is 10.6 Å². The summed E-state index contributed by atoms with van der Waals surface area (Å²) in [5, 5.41) is 5.00. The fourth-order valence-electron chi connectivity index (χ4n) is 1.47. The summed E-state index contributed by atoms with van der Waals surface area (Å²) in [6.07, 6.45) is 2.07. The van der Waals surface area contributed by atoms with Crippen LogP contribution in [0.3, 0.4) is 0 Å². The highest BCUT2D eigenvalue weighted by atomic mass is 16.2. The summed E-state index contributed by atoms with van der Waals surface area (Å²) >= 11 is 0. The van der Waals surface area contributed by atoms with Crippen molar-refractivity contribution < 1.29 is 9.59 Å². The maximum Gasteiger partial charge on any atom is 0.309 e. The molecule has 1 aliphatic rings. The Morgan fingerprint density at radius 2 is 1.92 bits per heavy atom. The van der Waals surface area contributed by atoms with E-state index in [1.807, 2.05) is 0 Å². The standard InChI is InChI=1S/C9H16N2O2/c1-9(2)5-4-6(9)11-8(13)7(12)10-3/h6H,4-5H2,1-3H3,(H,10,12)(H,11,13). The molecule has 1 atom stereocenters. The monoisotopic (exact) mass is 184 g/mol. The minimum Gasteiger partial charge on any atom is -0.351 e. The molecule has 0 bridgehead atoms. The average molecular weight is 184 g/mol. The first-order valence-corrected chi connectivity index (χ1v) is 4.50. The first-order chi connectivity index (χ1) is 5.97. The van der Waals surface area contributed by atoms with Crippen molar-refractivity contribution in [3.63, 3.8) is 0 Å². The van der Waals surface area contributed by atoms with Gasteiger partial charge in [0.05, 0.1) is 0 Å². The van der Waals surface area contributed by atoms with Gasteiger partial charge in [-0.05, 0) is 18.3 Å². The SMILES string of the molecule is CNC(=O)C(=O)NC1CCC1(C)C. The number of hydrogen-bond acceptors (Lipinski definition) is 2. The maximum absolute atomic E-state index is 11.1. The van der Waals surface area contributed by atoms with Crippen LogP contribution in [0.5, 0.6) is 0 Å². The van der Waals surface area contributed by atoms with Crippen molar-refractivity contribution in [2.24, 2.45) is 5.41 Å². The lowest BCUT2D eigenvalue weighted by molar-refractivity contribution is -0.140. The zero-order valence-corrected chi connectivity index (χ0v) is 8.31. The Morgan fingerprint density at radius 1 is 1.31 bits per heavy atom. The number of hydrogen-bond donors (Lipinski definition) is 2. The lowest BCUT2D eigenvalue weighted by Gasteiger charge is -2.44. The van der Waals surface area contributed by atoms with Crippen LogP contribution < -0.4 is 10.6 Å². The predicted octanol–water partition coefficient (Wildman–Crippen LogP) is 0.0372. The van der Waals surface area contributed by atoms with E-state index in [2.05, 4.69) is 24.5 Å². The van der Waals surface area contributed by atoms with E-state index >= 15 is 0 Å². The molecule has 1 unspecified atom stereocenters. The minimum atomic E-state index is -0.567. The Balaban J connectivity index is 2.42. The number of carbonyl (C=O) groups excluding carboxylic acids is 2. The van der Waals surface area contributed by atoms with Gasteiger partial charge in [-0.15, -0.1) is 0 Å². The summed E-state index contributed by atoms with van der Waals surface area (Å²) in [7, 11) is 1.45. The molecule has 0 heterocycles. The van der Waals surface area contributed by atoms with Crippen LogP contribution in [-0.4, -0.2) is 24.9 Å².